The van der Waals surface area contributed by atoms with Gasteiger partial charge in [0.2, 0.25) is 0 Å². The summed E-state index contributed by atoms with van der Waals surface area (Å²) < 4.78 is 7.65. The number of aromatic nitrogens is 3. The lowest BCUT2D eigenvalue weighted by Gasteiger charge is -2.32. The smallest absolute Gasteiger partial charge is 0.0964 e. The molecule has 0 spiro atoms. The second kappa shape index (κ2) is 6.65. The highest BCUT2D eigenvalue weighted by Crippen LogP contribution is 2.18. The summed E-state index contributed by atoms with van der Waals surface area (Å²) in [5, 5.41) is 11.9. The van der Waals surface area contributed by atoms with Crippen LogP contribution in [0.25, 0.3) is 0 Å². The number of hydrogen-bond acceptors (Lipinski definition) is 5. The summed E-state index contributed by atoms with van der Waals surface area (Å²) in [6, 6.07) is 0.722. The quantitative estimate of drug-likeness (QED) is 0.794. The van der Waals surface area contributed by atoms with Gasteiger partial charge in [0.05, 0.1) is 24.9 Å². The van der Waals surface area contributed by atoms with E-state index in [2.05, 4.69) is 33.6 Å². The number of hydrogen-bond donors (Lipinski definition) is 1. The lowest BCUT2D eigenvalue weighted by Crippen LogP contribution is -2.43. The zero-order valence-corrected chi connectivity index (χ0v) is 12.3. The molecule has 2 fully saturated rings. The first-order valence-electron chi connectivity index (χ1n) is 7.80. The Kier molecular flexibility index (Phi) is 4.65. The highest BCUT2D eigenvalue weighted by molar-refractivity contribution is 4.94. The van der Waals surface area contributed by atoms with Crippen molar-refractivity contribution in [3.8, 4) is 0 Å². The predicted molar refractivity (Wildman–Crippen MR) is 76.4 cm³/mol. The summed E-state index contributed by atoms with van der Waals surface area (Å²) in [7, 11) is 0. The lowest BCUT2D eigenvalue weighted by molar-refractivity contribution is -0.0307. The van der Waals surface area contributed by atoms with Gasteiger partial charge in [0, 0.05) is 38.4 Å². The molecule has 1 aromatic heterocycles. The molecule has 1 aromatic rings. The standard InChI is InChI=1S/C14H25N5O/c1-2-14-11-18(7-8-20-14)5-6-19-10-13(16-17-19)9-15-12-3-4-12/h10,12,14-15H,2-9,11H2,1H3. The van der Waals surface area contributed by atoms with E-state index in [0.29, 0.717) is 6.10 Å². The summed E-state index contributed by atoms with van der Waals surface area (Å²) in [4.78, 5) is 2.46. The summed E-state index contributed by atoms with van der Waals surface area (Å²) in [6.45, 7) is 7.89. The Labute approximate surface area is 120 Å². The largest absolute Gasteiger partial charge is 0.376 e. The Bertz CT molecular complexity index is 417. The van der Waals surface area contributed by atoms with E-state index in [9.17, 15) is 0 Å². The molecule has 1 N–H and O–H groups in total. The van der Waals surface area contributed by atoms with Crippen molar-refractivity contribution in [3.63, 3.8) is 0 Å². The van der Waals surface area contributed by atoms with Crippen LogP contribution in [0.4, 0.5) is 0 Å². The maximum atomic E-state index is 5.69. The fourth-order valence-corrected chi connectivity index (χ4v) is 2.54. The van der Waals surface area contributed by atoms with Gasteiger partial charge in [0.1, 0.15) is 0 Å². The third-order valence-electron chi connectivity index (χ3n) is 4.06. The zero-order chi connectivity index (χ0) is 13.8. The molecule has 1 saturated heterocycles. The number of nitrogens with zero attached hydrogens (tertiary/aromatic N) is 4. The van der Waals surface area contributed by atoms with E-state index >= 15 is 0 Å². The van der Waals surface area contributed by atoms with Gasteiger partial charge < -0.3 is 10.1 Å². The molecule has 0 amide bonds. The second-order valence-electron chi connectivity index (χ2n) is 5.83. The van der Waals surface area contributed by atoms with Crippen molar-refractivity contribution in [1.82, 2.24) is 25.2 Å². The highest BCUT2D eigenvalue weighted by Gasteiger charge is 2.21. The van der Waals surface area contributed by atoms with E-state index in [4.69, 9.17) is 4.74 Å². The van der Waals surface area contributed by atoms with Gasteiger partial charge in [0.25, 0.3) is 0 Å². The Hall–Kier alpha value is -0.980. The third kappa shape index (κ3) is 4.01. The molecule has 1 aliphatic carbocycles. The monoisotopic (exact) mass is 279 g/mol. The second-order valence-corrected chi connectivity index (χ2v) is 5.83. The summed E-state index contributed by atoms with van der Waals surface area (Å²) in [5.74, 6) is 0. The number of rotatable bonds is 7. The normalized spacial score (nSPS) is 24.1. The van der Waals surface area contributed by atoms with Crippen molar-refractivity contribution in [3.05, 3.63) is 11.9 Å². The van der Waals surface area contributed by atoms with E-state index in [1.54, 1.807) is 0 Å². The van der Waals surface area contributed by atoms with E-state index in [1.165, 1.54) is 12.8 Å². The Morgan fingerprint density at radius 1 is 1.40 bits per heavy atom. The fraction of sp³-hybridized carbons (Fsp3) is 0.857. The number of morpholine rings is 1. The third-order valence-corrected chi connectivity index (χ3v) is 4.06. The van der Waals surface area contributed by atoms with Crippen molar-refractivity contribution in [1.29, 1.82) is 0 Å². The maximum absolute atomic E-state index is 5.69. The number of nitrogens with one attached hydrogen (secondary N) is 1. The molecule has 0 bridgehead atoms. The molecule has 20 heavy (non-hydrogen) atoms. The topological polar surface area (TPSA) is 55.2 Å². The van der Waals surface area contributed by atoms with Gasteiger partial charge in [-0.3, -0.25) is 9.58 Å². The van der Waals surface area contributed by atoms with Gasteiger partial charge in [0.15, 0.2) is 0 Å². The molecule has 3 rings (SSSR count). The molecule has 6 nitrogen and oxygen atoms in total. The molecule has 1 unspecified atom stereocenters. The van der Waals surface area contributed by atoms with Crippen LogP contribution >= 0.6 is 0 Å². The predicted octanol–water partition coefficient (Wildman–Crippen LogP) is 0.641. The van der Waals surface area contributed by atoms with E-state index < -0.39 is 0 Å². The minimum absolute atomic E-state index is 0.401. The minimum atomic E-state index is 0.401. The van der Waals surface area contributed by atoms with Crippen molar-refractivity contribution < 1.29 is 4.74 Å². The van der Waals surface area contributed by atoms with Crippen molar-refractivity contribution in [2.45, 2.75) is 51.4 Å². The molecule has 6 heteroatoms. The molecular formula is C14H25N5O. The Morgan fingerprint density at radius 3 is 3.10 bits per heavy atom. The van der Waals surface area contributed by atoms with Crippen LogP contribution in [-0.2, 0) is 17.8 Å². The fourth-order valence-electron chi connectivity index (χ4n) is 2.54. The summed E-state index contributed by atoms with van der Waals surface area (Å²) in [6.07, 6.45) is 6.18. The van der Waals surface area contributed by atoms with E-state index in [1.807, 2.05) is 4.68 Å². The van der Waals surface area contributed by atoms with Gasteiger partial charge in [-0.1, -0.05) is 12.1 Å². The Balaban J connectivity index is 1.40. The van der Waals surface area contributed by atoms with Crippen molar-refractivity contribution >= 4 is 0 Å². The van der Waals surface area contributed by atoms with Crippen LogP contribution in [0.3, 0.4) is 0 Å². The highest BCUT2D eigenvalue weighted by atomic mass is 16.5. The molecular weight excluding hydrogens is 254 g/mol. The molecule has 112 valence electrons. The lowest BCUT2D eigenvalue weighted by atomic mass is 10.2. The first-order valence-corrected chi connectivity index (χ1v) is 7.80. The molecule has 2 aliphatic rings. The SMILES string of the molecule is CCC1CN(CCn2cc(CNC3CC3)nn2)CCO1. The van der Waals surface area contributed by atoms with Gasteiger partial charge in [-0.05, 0) is 19.3 Å². The summed E-state index contributed by atoms with van der Waals surface area (Å²) in [5.41, 5.74) is 1.05. The van der Waals surface area contributed by atoms with Crippen LogP contribution in [-0.4, -0.2) is 58.3 Å². The van der Waals surface area contributed by atoms with E-state index in [0.717, 1.165) is 57.5 Å². The molecule has 1 saturated carbocycles. The molecule has 0 aromatic carbocycles. The van der Waals surface area contributed by atoms with Crippen LogP contribution in [0.15, 0.2) is 6.20 Å². The first-order chi connectivity index (χ1) is 9.83. The van der Waals surface area contributed by atoms with Crippen molar-refractivity contribution in [2.75, 3.05) is 26.2 Å². The number of ether oxygens (including phenoxy) is 1. The molecule has 1 aliphatic heterocycles. The van der Waals surface area contributed by atoms with Crippen LogP contribution in [0, 0.1) is 0 Å². The average molecular weight is 279 g/mol. The minimum Gasteiger partial charge on any atom is -0.376 e. The van der Waals surface area contributed by atoms with E-state index in [-0.39, 0.29) is 0 Å². The van der Waals surface area contributed by atoms with Gasteiger partial charge in [-0.25, -0.2) is 0 Å². The molecule has 1 atom stereocenters. The van der Waals surface area contributed by atoms with Gasteiger partial charge >= 0.3 is 0 Å². The van der Waals surface area contributed by atoms with Crippen molar-refractivity contribution in [2.24, 2.45) is 0 Å². The summed E-state index contributed by atoms with van der Waals surface area (Å²) >= 11 is 0. The van der Waals surface area contributed by atoms with Gasteiger partial charge in [-0.15, -0.1) is 5.10 Å². The first kappa shape index (κ1) is 14.0. The van der Waals surface area contributed by atoms with Gasteiger partial charge in [-0.2, -0.15) is 0 Å². The average Bonchev–Trinajstić information content (AvgIpc) is 3.21. The molecule has 2 heterocycles. The van der Waals surface area contributed by atoms with Crippen LogP contribution < -0.4 is 5.32 Å². The Morgan fingerprint density at radius 2 is 2.30 bits per heavy atom. The van der Waals surface area contributed by atoms with Crippen LogP contribution in [0.5, 0.6) is 0 Å². The van der Waals surface area contributed by atoms with Crippen LogP contribution in [0.2, 0.25) is 0 Å². The van der Waals surface area contributed by atoms with Crippen LogP contribution in [0.1, 0.15) is 31.9 Å². The zero-order valence-electron chi connectivity index (χ0n) is 12.3. The molecule has 0 radical (unpaired) electrons. The maximum Gasteiger partial charge on any atom is 0.0964 e.